The number of fused-ring (bicyclic) bond motifs is 2. The van der Waals surface area contributed by atoms with Crippen molar-refractivity contribution in [3.63, 3.8) is 0 Å². The monoisotopic (exact) mass is 597 g/mol. The molecule has 3 aromatic carbocycles. The molecule has 0 aliphatic heterocycles. The van der Waals surface area contributed by atoms with E-state index in [1.54, 1.807) is 0 Å². The molecule has 0 atom stereocenters. The average Bonchev–Trinajstić information content (AvgIpc) is 3.57. The summed E-state index contributed by atoms with van der Waals surface area (Å²) in [7, 11) is 0. The fourth-order valence-corrected chi connectivity index (χ4v) is 6.26. The number of rotatable bonds is 9. The van der Waals surface area contributed by atoms with Crippen LogP contribution in [0, 0.1) is 5.41 Å². The van der Waals surface area contributed by atoms with Crippen LogP contribution in [0.5, 0.6) is 5.75 Å². The molecule has 5 aromatic rings. The maximum atomic E-state index is 13.2. The highest BCUT2D eigenvalue weighted by atomic mass is 79.9. The standard InChI is InChI=1S/C33H32BrN3O3/c1-2-39-32(38)33(16-5-6-17-33)20-31-36-29-19-27(40-22-26-13-12-24-9-3-4-11-28(24)35-26)14-15-30(29)37(31)21-23-8-7-10-25(34)18-23/h3-4,7-15,18-19H,2,5-6,16-17,20-22H2,1H3. The van der Waals surface area contributed by atoms with E-state index in [2.05, 4.69) is 50.8 Å². The molecule has 0 unspecified atom stereocenters. The molecule has 40 heavy (non-hydrogen) atoms. The Balaban J connectivity index is 1.32. The van der Waals surface area contributed by atoms with E-state index in [4.69, 9.17) is 19.4 Å². The molecule has 0 N–H and O–H groups in total. The van der Waals surface area contributed by atoms with Gasteiger partial charge in [-0.2, -0.15) is 0 Å². The summed E-state index contributed by atoms with van der Waals surface area (Å²) in [6.45, 7) is 3.29. The lowest BCUT2D eigenvalue weighted by Crippen LogP contribution is -2.33. The van der Waals surface area contributed by atoms with E-state index in [9.17, 15) is 4.79 Å². The first-order chi connectivity index (χ1) is 19.5. The predicted molar refractivity (Wildman–Crippen MR) is 160 cm³/mol. The largest absolute Gasteiger partial charge is 0.487 e. The summed E-state index contributed by atoms with van der Waals surface area (Å²) in [6.07, 6.45) is 4.29. The van der Waals surface area contributed by atoms with Gasteiger partial charge in [-0.15, -0.1) is 0 Å². The van der Waals surface area contributed by atoms with Gasteiger partial charge >= 0.3 is 5.97 Å². The molecule has 204 valence electrons. The number of ether oxygens (including phenoxy) is 2. The zero-order valence-corrected chi connectivity index (χ0v) is 24.2. The molecule has 6 rings (SSSR count). The number of hydrogen-bond donors (Lipinski definition) is 0. The normalized spacial score (nSPS) is 14.6. The Morgan fingerprint density at radius 1 is 0.950 bits per heavy atom. The second kappa shape index (κ2) is 11.4. The lowest BCUT2D eigenvalue weighted by Gasteiger charge is -2.26. The number of nitrogens with zero attached hydrogens (tertiary/aromatic N) is 3. The van der Waals surface area contributed by atoms with Gasteiger partial charge in [0.2, 0.25) is 0 Å². The van der Waals surface area contributed by atoms with Crippen molar-refractivity contribution in [2.24, 2.45) is 5.41 Å². The molecule has 0 bridgehead atoms. The van der Waals surface area contributed by atoms with Gasteiger partial charge in [0.1, 0.15) is 18.2 Å². The Morgan fingerprint density at radius 2 is 1.80 bits per heavy atom. The van der Waals surface area contributed by atoms with Gasteiger partial charge in [-0.3, -0.25) is 4.79 Å². The molecule has 1 saturated carbocycles. The number of aromatic nitrogens is 3. The van der Waals surface area contributed by atoms with Gasteiger partial charge in [-0.25, -0.2) is 9.97 Å². The molecule has 1 aliphatic rings. The van der Waals surface area contributed by atoms with Crippen molar-refractivity contribution in [2.75, 3.05) is 6.61 Å². The highest BCUT2D eigenvalue weighted by Crippen LogP contribution is 2.42. The molecule has 1 fully saturated rings. The first kappa shape index (κ1) is 26.5. The summed E-state index contributed by atoms with van der Waals surface area (Å²) >= 11 is 3.60. The van der Waals surface area contributed by atoms with E-state index < -0.39 is 5.41 Å². The van der Waals surface area contributed by atoms with Crippen LogP contribution in [-0.4, -0.2) is 27.1 Å². The number of carbonyl (C=O) groups is 1. The number of imidazole rings is 1. The Kier molecular flexibility index (Phi) is 7.57. The van der Waals surface area contributed by atoms with Crippen molar-refractivity contribution in [2.45, 2.75) is 52.2 Å². The molecule has 0 spiro atoms. The molecule has 0 radical (unpaired) electrons. The zero-order chi connectivity index (χ0) is 27.5. The van der Waals surface area contributed by atoms with Gasteiger partial charge in [0.15, 0.2) is 0 Å². The van der Waals surface area contributed by atoms with Crippen LogP contribution in [-0.2, 0) is 29.1 Å². The minimum atomic E-state index is -0.520. The number of carbonyl (C=O) groups excluding carboxylic acids is 1. The Hall–Kier alpha value is -3.71. The van der Waals surface area contributed by atoms with Gasteiger partial charge in [0, 0.05) is 28.9 Å². The van der Waals surface area contributed by atoms with Crippen LogP contribution in [0.3, 0.4) is 0 Å². The van der Waals surface area contributed by atoms with Gasteiger partial charge in [-0.1, -0.05) is 65.2 Å². The van der Waals surface area contributed by atoms with E-state index in [-0.39, 0.29) is 5.97 Å². The second-order valence-electron chi connectivity index (χ2n) is 10.6. The van der Waals surface area contributed by atoms with Crippen molar-refractivity contribution < 1.29 is 14.3 Å². The summed E-state index contributed by atoms with van der Waals surface area (Å²) in [4.78, 5) is 23.0. The molecular formula is C33H32BrN3O3. The minimum absolute atomic E-state index is 0.0968. The van der Waals surface area contributed by atoms with Crippen LogP contribution in [0.4, 0.5) is 0 Å². The first-order valence-electron chi connectivity index (χ1n) is 13.9. The molecule has 6 nitrogen and oxygen atoms in total. The number of pyridine rings is 1. The van der Waals surface area contributed by atoms with E-state index in [0.29, 0.717) is 26.2 Å². The Labute approximate surface area is 242 Å². The van der Waals surface area contributed by atoms with E-state index in [0.717, 1.165) is 74.9 Å². The lowest BCUT2D eigenvalue weighted by molar-refractivity contribution is -0.155. The zero-order valence-electron chi connectivity index (χ0n) is 22.6. The maximum Gasteiger partial charge on any atom is 0.312 e. The number of esters is 1. The molecule has 1 aliphatic carbocycles. The lowest BCUT2D eigenvalue weighted by atomic mass is 9.82. The molecule has 2 heterocycles. The van der Waals surface area contributed by atoms with Crippen molar-refractivity contribution in [1.29, 1.82) is 0 Å². The van der Waals surface area contributed by atoms with Gasteiger partial charge < -0.3 is 14.0 Å². The highest BCUT2D eigenvalue weighted by Gasteiger charge is 2.43. The van der Waals surface area contributed by atoms with Crippen molar-refractivity contribution in [1.82, 2.24) is 14.5 Å². The Morgan fingerprint density at radius 3 is 2.62 bits per heavy atom. The summed E-state index contributed by atoms with van der Waals surface area (Å²) in [5, 5.41) is 1.11. The van der Waals surface area contributed by atoms with Gasteiger partial charge in [0.25, 0.3) is 0 Å². The van der Waals surface area contributed by atoms with Gasteiger partial charge in [0.05, 0.1) is 34.3 Å². The second-order valence-corrected chi connectivity index (χ2v) is 11.5. The summed E-state index contributed by atoms with van der Waals surface area (Å²) in [6, 6.07) is 26.5. The van der Waals surface area contributed by atoms with Crippen LogP contribution >= 0.6 is 15.9 Å². The van der Waals surface area contributed by atoms with Gasteiger partial charge in [-0.05, 0) is 61.7 Å². The van der Waals surface area contributed by atoms with Crippen LogP contribution in [0.25, 0.3) is 21.9 Å². The molecule has 7 heteroatoms. The van der Waals surface area contributed by atoms with Crippen LogP contribution in [0.15, 0.2) is 83.3 Å². The topological polar surface area (TPSA) is 66.2 Å². The summed E-state index contributed by atoms with van der Waals surface area (Å²) in [5.74, 6) is 1.54. The molecular weight excluding hydrogens is 566 g/mol. The summed E-state index contributed by atoms with van der Waals surface area (Å²) < 4.78 is 15.0. The summed E-state index contributed by atoms with van der Waals surface area (Å²) in [5.41, 5.74) is 4.34. The molecule has 0 amide bonds. The smallest absolute Gasteiger partial charge is 0.312 e. The first-order valence-corrected chi connectivity index (χ1v) is 14.7. The predicted octanol–water partition coefficient (Wildman–Crippen LogP) is 7.64. The van der Waals surface area contributed by atoms with Crippen LogP contribution in [0.2, 0.25) is 0 Å². The van der Waals surface area contributed by atoms with E-state index in [1.165, 1.54) is 0 Å². The fourth-order valence-electron chi connectivity index (χ4n) is 5.82. The third-order valence-electron chi connectivity index (χ3n) is 7.84. The van der Waals surface area contributed by atoms with E-state index in [1.807, 2.05) is 55.5 Å². The minimum Gasteiger partial charge on any atom is -0.487 e. The number of benzene rings is 3. The third kappa shape index (κ3) is 5.48. The van der Waals surface area contributed by atoms with Crippen LogP contribution in [0.1, 0.15) is 49.7 Å². The maximum absolute atomic E-state index is 13.2. The Bertz CT molecular complexity index is 1670. The SMILES string of the molecule is CCOC(=O)C1(Cc2nc3cc(OCc4ccc5ccccc5n4)ccc3n2Cc2cccc(Br)c2)CCCC1. The number of para-hydroxylation sites is 1. The average molecular weight is 599 g/mol. The quantitative estimate of drug-likeness (QED) is 0.163. The van der Waals surface area contributed by atoms with Crippen LogP contribution < -0.4 is 4.74 Å². The fraction of sp³-hybridized carbons (Fsp3) is 0.303. The van der Waals surface area contributed by atoms with Crippen molar-refractivity contribution in [3.05, 3.63) is 100 Å². The highest BCUT2D eigenvalue weighted by molar-refractivity contribution is 9.10. The molecule has 0 saturated heterocycles. The van der Waals surface area contributed by atoms with E-state index >= 15 is 0 Å². The third-order valence-corrected chi connectivity index (χ3v) is 8.33. The number of hydrogen-bond acceptors (Lipinski definition) is 5. The van der Waals surface area contributed by atoms with Crippen molar-refractivity contribution in [3.8, 4) is 5.75 Å². The molecule has 2 aromatic heterocycles. The number of halogens is 1. The van der Waals surface area contributed by atoms with Crippen molar-refractivity contribution >= 4 is 43.8 Å².